The van der Waals surface area contributed by atoms with Gasteiger partial charge in [-0.2, -0.15) is 13.2 Å². The Hall–Kier alpha value is -3.65. The predicted molar refractivity (Wildman–Crippen MR) is 129 cm³/mol. The van der Waals surface area contributed by atoms with E-state index in [4.69, 9.17) is 16.3 Å². The molecule has 2 atom stereocenters. The second-order valence-electron chi connectivity index (χ2n) is 8.03. The van der Waals surface area contributed by atoms with Crippen molar-refractivity contribution < 1.29 is 27.5 Å². The molecule has 1 aliphatic rings. The standard InChI is InChI=1S/C26H20ClF3N2O3/c1-14(25(34)35-3)20(17-11-6-9-15-8-4-5-10-16(15)17)23(26(28,29)30)31-22-21-18(27)12-7-13-19(21)32(2)24(22)33/h4-13,20,23H,1H2,2-3H3/t20-,23+/m0/s1. The van der Waals surface area contributed by atoms with Gasteiger partial charge in [-0.25, -0.2) is 4.79 Å². The number of aliphatic imine (C=N–C) groups is 1. The highest BCUT2D eigenvalue weighted by molar-refractivity contribution is 6.57. The lowest BCUT2D eigenvalue weighted by atomic mass is 9.82. The van der Waals surface area contributed by atoms with Crippen LogP contribution in [0.2, 0.25) is 5.02 Å². The molecule has 1 heterocycles. The SMILES string of the molecule is C=C(C(=O)OC)[C@@H](c1cccc2ccccc12)[C@@H](N=C1C(=O)N(C)c2cccc(Cl)c21)C(F)(F)F. The number of alkyl halides is 3. The van der Waals surface area contributed by atoms with Crippen LogP contribution < -0.4 is 4.90 Å². The largest absolute Gasteiger partial charge is 0.466 e. The van der Waals surface area contributed by atoms with Crippen LogP contribution in [0.5, 0.6) is 0 Å². The second-order valence-corrected chi connectivity index (χ2v) is 8.43. The number of nitrogens with zero attached hydrogens (tertiary/aromatic N) is 2. The molecule has 0 saturated heterocycles. The Kier molecular flexibility index (Phi) is 6.42. The average molecular weight is 501 g/mol. The van der Waals surface area contributed by atoms with Crippen LogP contribution in [0.4, 0.5) is 18.9 Å². The maximum absolute atomic E-state index is 14.7. The van der Waals surface area contributed by atoms with Crippen LogP contribution in [0.3, 0.4) is 0 Å². The molecule has 0 fully saturated rings. The van der Waals surface area contributed by atoms with Crippen LogP contribution in [0.1, 0.15) is 17.0 Å². The number of rotatable bonds is 5. The molecular formula is C26H20ClF3N2O3. The molecule has 1 amide bonds. The zero-order valence-corrected chi connectivity index (χ0v) is 19.5. The molecule has 35 heavy (non-hydrogen) atoms. The fourth-order valence-corrected chi connectivity index (χ4v) is 4.58. The van der Waals surface area contributed by atoms with Crippen LogP contribution in [-0.4, -0.2) is 44.0 Å². The predicted octanol–water partition coefficient (Wildman–Crippen LogP) is 5.70. The maximum atomic E-state index is 14.7. The number of hydrogen-bond donors (Lipinski definition) is 0. The number of anilines is 1. The smallest absolute Gasteiger partial charge is 0.411 e. The van der Waals surface area contributed by atoms with Crippen molar-refractivity contribution in [1.82, 2.24) is 0 Å². The number of amides is 1. The van der Waals surface area contributed by atoms with Crippen molar-refractivity contribution in [3.63, 3.8) is 0 Å². The first-order valence-corrected chi connectivity index (χ1v) is 10.9. The first kappa shape index (κ1) is 24.5. The summed E-state index contributed by atoms with van der Waals surface area (Å²) in [6.07, 6.45) is -4.95. The molecule has 0 saturated carbocycles. The van der Waals surface area contributed by atoms with Gasteiger partial charge in [0.25, 0.3) is 5.91 Å². The summed E-state index contributed by atoms with van der Waals surface area (Å²) in [6.45, 7) is 3.65. The van der Waals surface area contributed by atoms with Crippen LogP contribution in [0.15, 0.2) is 77.8 Å². The summed E-state index contributed by atoms with van der Waals surface area (Å²) < 4.78 is 48.8. The van der Waals surface area contributed by atoms with E-state index in [0.717, 1.165) is 7.11 Å². The number of likely N-dealkylation sites (N-methyl/N-ethyl adjacent to an activating group) is 1. The number of carbonyl (C=O) groups is 2. The lowest BCUT2D eigenvalue weighted by Gasteiger charge is -2.28. The zero-order valence-electron chi connectivity index (χ0n) is 18.8. The van der Waals surface area contributed by atoms with Gasteiger partial charge >= 0.3 is 12.1 Å². The van der Waals surface area contributed by atoms with Gasteiger partial charge in [0.15, 0.2) is 6.04 Å². The van der Waals surface area contributed by atoms with Crippen molar-refractivity contribution in [2.75, 3.05) is 19.1 Å². The Morgan fingerprint density at radius 2 is 1.74 bits per heavy atom. The van der Waals surface area contributed by atoms with Crippen molar-refractivity contribution >= 4 is 45.6 Å². The van der Waals surface area contributed by atoms with Crippen molar-refractivity contribution in [2.24, 2.45) is 4.99 Å². The maximum Gasteiger partial charge on any atom is 0.411 e. The van der Waals surface area contributed by atoms with Gasteiger partial charge < -0.3 is 9.64 Å². The molecule has 4 rings (SSSR count). The number of benzene rings is 3. The van der Waals surface area contributed by atoms with E-state index in [1.165, 1.54) is 24.1 Å². The van der Waals surface area contributed by atoms with Gasteiger partial charge in [-0.05, 0) is 28.5 Å². The number of esters is 1. The van der Waals surface area contributed by atoms with Crippen molar-refractivity contribution in [3.05, 3.63) is 89.0 Å². The highest BCUT2D eigenvalue weighted by atomic mass is 35.5. The van der Waals surface area contributed by atoms with Crippen LogP contribution in [-0.2, 0) is 14.3 Å². The van der Waals surface area contributed by atoms with Gasteiger partial charge in [0, 0.05) is 24.1 Å². The highest BCUT2D eigenvalue weighted by Gasteiger charge is 2.49. The van der Waals surface area contributed by atoms with Gasteiger partial charge in [0.05, 0.1) is 17.8 Å². The van der Waals surface area contributed by atoms with E-state index >= 15 is 0 Å². The molecule has 5 nitrogen and oxygen atoms in total. The lowest BCUT2D eigenvalue weighted by molar-refractivity contribution is -0.151. The third kappa shape index (κ3) is 4.30. The summed E-state index contributed by atoms with van der Waals surface area (Å²) in [4.78, 5) is 30.6. The van der Waals surface area contributed by atoms with Gasteiger partial charge in [0.2, 0.25) is 0 Å². The molecule has 3 aromatic rings. The first-order chi connectivity index (χ1) is 16.6. The monoisotopic (exact) mass is 500 g/mol. The Morgan fingerprint density at radius 1 is 1.09 bits per heavy atom. The molecule has 0 unspecified atom stereocenters. The fourth-order valence-electron chi connectivity index (χ4n) is 4.33. The first-order valence-electron chi connectivity index (χ1n) is 10.5. The van der Waals surface area contributed by atoms with Gasteiger partial charge in [-0.1, -0.05) is 66.7 Å². The zero-order chi connectivity index (χ0) is 25.5. The number of halogens is 4. The van der Waals surface area contributed by atoms with Gasteiger partial charge in [-0.15, -0.1) is 0 Å². The molecule has 3 aromatic carbocycles. The van der Waals surface area contributed by atoms with Crippen molar-refractivity contribution in [3.8, 4) is 0 Å². The van der Waals surface area contributed by atoms with E-state index < -0.39 is 41.3 Å². The summed E-state index contributed by atoms with van der Waals surface area (Å²) in [5, 5.41) is 1.26. The number of ether oxygens (including phenoxy) is 1. The molecule has 1 aliphatic heterocycles. The summed E-state index contributed by atoms with van der Waals surface area (Å²) in [5.74, 6) is -3.40. The molecule has 9 heteroatoms. The topological polar surface area (TPSA) is 59.0 Å². The van der Waals surface area contributed by atoms with Crippen LogP contribution in [0.25, 0.3) is 10.8 Å². The van der Waals surface area contributed by atoms with E-state index in [-0.39, 0.29) is 16.1 Å². The Morgan fingerprint density at radius 3 is 2.43 bits per heavy atom. The average Bonchev–Trinajstić information content (AvgIpc) is 3.08. The quantitative estimate of drug-likeness (QED) is 0.333. The highest BCUT2D eigenvalue weighted by Crippen LogP contribution is 2.43. The molecule has 0 aromatic heterocycles. The van der Waals surface area contributed by atoms with E-state index in [1.54, 1.807) is 48.5 Å². The summed E-state index contributed by atoms with van der Waals surface area (Å²) in [5.41, 5.74) is -0.234. The third-order valence-corrected chi connectivity index (χ3v) is 6.31. The summed E-state index contributed by atoms with van der Waals surface area (Å²) >= 11 is 6.27. The van der Waals surface area contributed by atoms with E-state index in [0.29, 0.717) is 16.5 Å². The molecule has 0 N–H and O–H groups in total. The van der Waals surface area contributed by atoms with E-state index in [1.807, 2.05) is 0 Å². The van der Waals surface area contributed by atoms with E-state index in [2.05, 4.69) is 11.6 Å². The molecule has 0 spiro atoms. The van der Waals surface area contributed by atoms with Crippen LogP contribution >= 0.6 is 11.6 Å². The van der Waals surface area contributed by atoms with Gasteiger partial charge in [-0.3, -0.25) is 9.79 Å². The molecular weight excluding hydrogens is 481 g/mol. The summed E-state index contributed by atoms with van der Waals surface area (Å²) in [6, 6.07) is 13.8. The molecule has 0 aliphatic carbocycles. The number of hydrogen-bond acceptors (Lipinski definition) is 4. The van der Waals surface area contributed by atoms with Gasteiger partial charge in [0.1, 0.15) is 5.71 Å². The second kappa shape index (κ2) is 9.19. The minimum absolute atomic E-state index is 0.0911. The molecule has 0 bridgehead atoms. The minimum Gasteiger partial charge on any atom is -0.466 e. The number of methoxy groups -OCH3 is 1. The number of carbonyl (C=O) groups excluding carboxylic acids is 2. The normalized spacial score (nSPS) is 16.3. The van der Waals surface area contributed by atoms with Crippen molar-refractivity contribution in [2.45, 2.75) is 18.1 Å². The van der Waals surface area contributed by atoms with Crippen LogP contribution in [0, 0.1) is 0 Å². The summed E-state index contributed by atoms with van der Waals surface area (Å²) in [7, 11) is 2.49. The lowest BCUT2D eigenvalue weighted by Crippen LogP contribution is -2.38. The Labute approximate surface area is 204 Å². The Bertz CT molecular complexity index is 1380. The number of fused-ring (bicyclic) bond motifs is 2. The fraction of sp³-hybridized carbons (Fsp3) is 0.192. The third-order valence-electron chi connectivity index (χ3n) is 6.00. The molecule has 180 valence electrons. The molecule has 0 radical (unpaired) electrons. The van der Waals surface area contributed by atoms with Crippen molar-refractivity contribution in [1.29, 1.82) is 0 Å². The van der Waals surface area contributed by atoms with E-state index in [9.17, 15) is 22.8 Å². The Balaban J connectivity index is 2.00. The minimum atomic E-state index is -4.95.